The second-order valence-electron chi connectivity index (χ2n) is 10.6. The van der Waals surface area contributed by atoms with E-state index in [1.165, 1.54) is 24.5 Å². The molecule has 3 heterocycles. The third kappa shape index (κ3) is 5.46. The second-order valence-corrected chi connectivity index (χ2v) is 15.2. The van der Waals surface area contributed by atoms with Gasteiger partial charge in [-0.25, -0.2) is 26.8 Å². The van der Waals surface area contributed by atoms with E-state index in [4.69, 9.17) is 21.1 Å². The molecule has 1 saturated carbocycles. The van der Waals surface area contributed by atoms with Crippen LogP contribution in [0.5, 0.6) is 17.5 Å². The molecule has 1 aliphatic carbocycles. The van der Waals surface area contributed by atoms with E-state index in [1.54, 1.807) is 11.2 Å². The minimum absolute atomic E-state index is 0.0606. The monoisotopic (exact) mass is 569 g/mol. The molecule has 2 aromatic rings. The zero-order valence-electron chi connectivity index (χ0n) is 21.1. The normalized spacial score (nSPS) is 24.4. The van der Waals surface area contributed by atoms with E-state index >= 15 is 0 Å². The minimum Gasteiger partial charge on any atom is -0.474 e. The predicted octanol–water partition coefficient (Wildman–Crippen LogP) is 4.53. The highest BCUT2D eigenvalue weighted by Gasteiger charge is 2.47. The molecule has 1 aromatic heterocycles. The zero-order chi connectivity index (χ0) is 26.5. The van der Waals surface area contributed by atoms with Gasteiger partial charge < -0.3 is 9.47 Å². The van der Waals surface area contributed by atoms with Crippen LogP contribution in [-0.2, 0) is 19.9 Å². The maximum absolute atomic E-state index is 12.9. The zero-order valence-corrected chi connectivity index (χ0v) is 23.5. The smallest absolute Gasteiger partial charge is 0.229 e. The average molecular weight is 570 g/mol. The fourth-order valence-electron chi connectivity index (χ4n) is 5.36. The fourth-order valence-corrected chi connectivity index (χ4v) is 9.63. The summed E-state index contributed by atoms with van der Waals surface area (Å²) in [5.74, 6) is 1.15. The molecule has 0 spiro atoms. The standard InChI is InChI=1S/C25H32ClN3O6S2/c1-15(2)13-36(30,31)29-17-4-5-18(29)11-19(10-17)34-24-16(3)25(28-14-27-24)35-23-9-8-21(12-22(23)26)37(32,33)20-6-7-20/h8-9,12,14-15,17-20H,4-7,10-11,13H2,1-3H3/t17-,18?,19?/m0/s1. The van der Waals surface area contributed by atoms with Crippen LogP contribution in [0.3, 0.4) is 0 Å². The number of sulfone groups is 1. The molecular weight excluding hydrogens is 538 g/mol. The van der Waals surface area contributed by atoms with Crippen LogP contribution in [-0.4, -0.2) is 60.3 Å². The number of rotatable bonds is 9. The number of fused-ring (bicyclic) bond motifs is 2. The number of nitrogens with zero attached hydrogens (tertiary/aromatic N) is 3. The van der Waals surface area contributed by atoms with Crippen molar-refractivity contribution < 1.29 is 26.3 Å². The van der Waals surface area contributed by atoms with Crippen LogP contribution in [0, 0.1) is 12.8 Å². The number of sulfonamides is 1. The van der Waals surface area contributed by atoms with E-state index in [2.05, 4.69) is 9.97 Å². The maximum atomic E-state index is 12.9. The van der Waals surface area contributed by atoms with Crippen LogP contribution in [0.15, 0.2) is 29.4 Å². The summed E-state index contributed by atoms with van der Waals surface area (Å²) in [4.78, 5) is 8.69. The molecule has 1 aromatic carbocycles. The van der Waals surface area contributed by atoms with Crippen LogP contribution >= 0.6 is 11.6 Å². The average Bonchev–Trinajstić information content (AvgIpc) is 3.62. The molecule has 2 bridgehead atoms. The van der Waals surface area contributed by atoms with Crippen LogP contribution in [0.25, 0.3) is 0 Å². The number of hydrogen-bond donors (Lipinski definition) is 0. The summed E-state index contributed by atoms with van der Waals surface area (Å²) < 4.78 is 64.8. The predicted molar refractivity (Wildman–Crippen MR) is 139 cm³/mol. The lowest BCUT2D eigenvalue weighted by atomic mass is 10.0. The van der Waals surface area contributed by atoms with Crippen molar-refractivity contribution in [2.24, 2.45) is 5.92 Å². The van der Waals surface area contributed by atoms with Gasteiger partial charge in [-0.15, -0.1) is 0 Å². The van der Waals surface area contributed by atoms with Gasteiger partial charge in [0.1, 0.15) is 18.2 Å². The summed E-state index contributed by atoms with van der Waals surface area (Å²) >= 11 is 6.36. The second kappa shape index (κ2) is 9.98. The summed E-state index contributed by atoms with van der Waals surface area (Å²) in [6, 6.07) is 4.32. The number of benzene rings is 1. The largest absolute Gasteiger partial charge is 0.474 e. The van der Waals surface area contributed by atoms with Gasteiger partial charge >= 0.3 is 0 Å². The van der Waals surface area contributed by atoms with Crippen LogP contribution in [0.4, 0.5) is 0 Å². The topological polar surface area (TPSA) is 116 Å². The molecule has 202 valence electrons. The lowest BCUT2D eigenvalue weighted by Gasteiger charge is -2.38. The summed E-state index contributed by atoms with van der Waals surface area (Å²) in [5.41, 5.74) is 0.579. The van der Waals surface area contributed by atoms with Gasteiger partial charge in [0.25, 0.3) is 0 Å². The molecule has 2 saturated heterocycles. The Balaban J connectivity index is 1.29. The van der Waals surface area contributed by atoms with E-state index in [1.807, 2.05) is 13.8 Å². The van der Waals surface area contributed by atoms with E-state index in [9.17, 15) is 16.8 Å². The molecule has 3 atom stereocenters. The van der Waals surface area contributed by atoms with Crippen molar-refractivity contribution in [2.45, 2.75) is 87.6 Å². The van der Waals surface area contributed by atoms with Gasteiger partial charge in [0, 0.05) is 24.9 Å². The lowest BCUT2D eigenvalue weighted by Crippen LogP contribution is -2.50. The van der Waals surface area contributed by atoms with Crippen molar-refractivity contribution in [3.8, 4) is 17.5 Å². The van der Waals surface area contributed by atoms with Crippen LogP contribution in [0.2, 0.25) is 5.02 Å². The molecule has 0 amide bonds. The molecule has 0 radical (unpaired) electrons. The first kappa shape index (κ1) is 26.6. The van der Waals surface area contributed by atoms with Crippen molar-refractivity contribution in [1.82, 2.24) is 14.3 Å². The van der Waals surface area contributed by atoms with Crippen molar-refractivity contribution >= 4 is 31.5 Å². The van der Waals surface area contributed by atoms with Crippen LogP contribution < -0.4 is 9.47 Å². The Bertz CT molecular complexity index is 1380. The van der Waals surface area contributed by atoms with Crippen molar-refractivity contribution in [3.63, 3.8) is 0 Å². The third-order valence-corrected chi connectivity index (χ3v) is 12.0. The summed E-state index contributed by atoms with van der Waals surface area (Å²) in [6.45, 7) is 5.62. The number of aromatic nitrogens is 2. The van der Waals surface area contributed by atoms with E-state index in [0.29, 0.717) is 37.1 Å². The highest BCUT2D eigenvalue weighted by molar-refractivity contribution is 7.92. The Morgan fingerprint density at radius 2 is 1.68 bits per heavy atom. The van der Waals surface area contributed by atoms with Crippen molar-refractivity contribution in [1.29, 1.82) is 0 Å². The molecule has 2 unspecified atom stereocenters. The van der Waals surface area contributed by atoms with Gasteiger partial charge in [0.15, 0.2) is 9.84 Å². The Morgan fingerprint density at radius 1 is 1.03 bits per heavy atom. The molecule has 2 aliphatic heterocycles. The summed E-state index contributed by atoms with van der Waals surface area (Å²) in [7, 11) is -6.66. The third-order valence-electron chi connectivity index (χ3n) is 7.16. The molecule has 9 nitrogen and oxygen atoms in total. The van der Waals surface area contributed by atoms with Crippen LogP contribution in [0.1, 0.15) is 57.9 Å². The first-order chi connectivity index (χ1) is 17.5. The highest BCUT2D eigenvalue weighted by atomic mass is 35.5. The molecule has 12 heteroatoms. The van der Waals surface area contributed by atoms with Gasteiger partial charge in [-0.3, -0.25) is 0 Å². The quantitative estimate of drug-likeness (QED) is 0.432. The first-order valence-corrected chi connectivity index (χ1v) is 16.2. The highest BCUT2D eigenvalue weighted by Crippen LogP contribution is 2.41. The van der Waals surface area contributed by atoms with Gasteiger partial charge in [-0.2, -0.15) is 4.31 Å². The van der Waals surface area contributed by atoms with E-state index in [-0.39, 0.29) is 56.7 Å². The molecule has 5 rings (SSSR count). The molecule has 3 fully saturated rings. The lowest BCUT2D eigenvalue weighted by molar-refractivity contribution is 0.0906. The number of halogens is 1. The first-order valence-electron chi connectivity index (χ1n) is 12.7. The summed E-state index contributed by atoms with van der Waals surface area (Å²) in [5, 5.41) is -0.148. The van der Waals surface area contributed by atoms with Gasteiger partial charge in [-0.1, -0.05) is 25.4 Å². The maximum Gasteiger partial charge on any atom is 0.229 e. The Kier molecular flexibility index (Phi) is 7.19. The Hall–Kier alpha value is -1.95. The van der Waals surface area contributed by atoms with Crippen molar-refractivity contribution in [2.75, 3.05) is 5.75 Å². The van der Waals surface area contributed by atoms with Gasteiger partial charge in [0.05, 0.1) is 26.5 Å². The van der Waals surface area contributed by atoms with Gasteiger partial charge in [0.2, 0.25) is 21.8 Å². The summed E-state index contributed by atoms with van der Waals surface area (Å²) in [6.07, 6.45) is 5.42. The Morgan fingerprint density at radius 3 is 2.27 bits per heavy atom. The van der Waals surface area contributed by atoms with E-state index in [0.717, 1.165) is 12.8 Å². The Labute approximate surface area is 223 Å². The SMILES string of the molecule is Cc1c(Oc2ccc(S(=O)(=O)C3CC3)cc2Cl)ncnc1OC1CC2CC[C@@H](C1)N2S(=O)(=O)CC(C)C. The molecule has 37 heavy (non-hydrogen) atoms. The van der Waals surface area contributed by atoms with Gasteiger partial charge in [-0.05, 0) is 56.7 Å². The number of ether oxygens (including phenoxy) is 2. The molecule has 0 N–H and O–H groups in total. The number of hydrogen-bond acceptors (Lipinski definition) is 8. The van der Waals surface area contributed by atoms with Crippen molar-refractivity contribution in [3.05, 3.63) is 35.1 Å². The molecular formula is C25H32ClN3O6S2. The molecule has 3 aliphatic rings. The number of piperidine rings is 1. The van der Waals surface area contributed by atoms with E-state index < -0.39 is 19.9 Å². The fraction of sp³-hybridized carbons (Fsp3) is 0.600. The minimum atomic E-state index is -3.36.